The molecule has 3 rings (SSSR count). The first-order chi connectivity index (χ1) is 13.8. The lowest BCUT2D eigenvalue weighted by Crippen LogP contribution is -2.37. The van der Waals surface area contributed by atoms with E-state index in [4.69, 9.17) is 0 Å². The van der Waals surface area contributed by atoms with Crippen LogP contribution in [0.2, 0.25) is 0 Å². The molecule has 29 heavy (non-hydrogen) atoms. The van der Waals surface area contributed by atoms with Crippen molar-refractivity contribution < 1.29 is 13.2 Å². The molecule has 0 spiro atoms. The van der Waals surface area contributed by atoms with Gasteiger partial charge in [-0.15, -0.1) is 11.3 Å². The number of nitrogens with zero attached hydrogens (tertiary/aromatic N) is 2. The largest absolute Gasteiger partial charge is 0.351 e. The Kier molecular flexibility index (Phi) is 7.45. The van der Waals surface area contributed by atoms with E-state index in [1.54, 1.807) is 17.5 Å². The normalized spacial score (nSPS) is 16.2. The minimum absolute atomic E-state index is 0.203. The van der Waals surface area contributed by atoms with Crippen molar-refractivity contribution in [1.29, 1.82) is 0 Å². The van der Waals surface area contributed by atoms with E-state index >= 15 is 0 Å². The highest BCUT2D eigenvalue weighted by Crippen LogP contribution is 2.20. The summed E-state index contributed by atoms with van der Waals surface area (Å²) in [6.07, 6.45) is 2.53. The number of rotatable bonds is 8. The third-order valence-corrected chi connectivity index (χ3v) is 8.50. The van der Waals surface area contributed by atoms with Crippen molar-refractivity contribution in [1.82, 2.24) is 14.5 Å². The predicted octanol–water partition coefficient (Wildman–Crippen LogP) is 2.92. The molecule has 1 aromatic carbocycles. The second-order valence-electron chi connectivity index (χ2n) is 7.75. The van der Waals surface area contributed by atoms with E-state index in [2.05, 4.69) is 29.3 Å². The maximum absolute atomic E-state index is 12.4. The van der Waals surface area contributed by atoms with Gasteiger partial charge in [0.05, 0.1) is 6.54 Å². The molecule has 8 heteroatoms. The van der Waals surface area contributed by atoms with Gasteiger partial charge in [0.2, 0.25) is 5.91 Å². The van der Waals surface area contributed by atoms with Gasteiger partial charge >= 0.3 is 0 Å². The second kappa shape index (κ2) is 9.84. The molecule has 1 saturated heterocycles. The fourth-order valence-corrected chi connectivity index (χ4v) is 5.68. The second-order valence-corrected chi connectivity index (χ2v) is 11.0. The van der Waals surface area contributed by atoms with Crippen LogP contribution in [0.4, 0.5) is 0 Å². The van der Waals surface area contributed by atoms with E-state index in [1.807, 2.05) is 12.1 Å². The Labute approximate surface area is 177 Å². The van der Waals surface area contributed by atoms with Gasteiger partial charge in [-0.3, -0.25) is 9.69 Å². The van der Waals surface area contributed by atoms with Gasteiger partial charge in [-0.25, -0.2) is 8.42 Å². The molecule has 0 saturated carbocycles. The van der Waals surface area contributed by atoms with Gasteiger partial charge in [0, 0.05) is 20.1 Å². The van der Waals surface area contributed by atoms with Gasteiger partial charge in [0.15, 0.2) is 0 Å². The highest BCUT2D eigenvalue weighted by molar-refractivity contribution is 7.91. The van der Waals surface area contributed by atoms with Crippen LogP contribution in [0.25, 0.3) is 0 Å². The zero-order chi connectivity index (χ0) is 20.9. The molecular formula is C21H29N3O3S2. The van der Waals surface area contributed by atoms with Crippen molar-refractivity contribution in [3.63, 3.8) is 0 Å². The summed E-state index contributed by atoms with van der Waals surface area (Å²) in [5, 5.41) is 4.51. The molecular weight excluding hydrogens is 406 g/mol. The zero-order valence-electron chi connectivity index (χ0n) is 17.0. The Hall–Kier alpha value is -1.74. The summed E-state index contributed by atoms with van der Waals surface area (Å²) in [6, 6.07) is 11.5. The van der Waals surface area contributed by atoms with Crippen molar-refractivity contribution in [2.45, 2.75) is 37.1 Å². The monoisotopic (exact) mass is 435 g/mol. The first kappa shape index (κ1) is 22.0. The van der Waals surface area contributed by atoms with Crippen molar-refractivity contribution in [2.75, 3.05) is 26.7 Å². The quantitative estimate of drug-likeness (QED) is 0.692. The van der Waals surface area contributed by atoms with Crippen LogP contribution in [0.1, 0.15) is 30.9 Å². The zero-order valence-corrected chi connectivity index (χ0v) is 18.6. The Morgan fingerprint density at radius 3 is 2.45 bits per heavy atom. The van der Waals surface area contributed by atoms with E-state index in [1.165, 1.54) is 25.5 Å². The Morgan fingerprint density at radius 2 is 1.83 bits per heavy atom. The van der Waals surface area contributed by atoms with E-state index in [0.717, 1.165) is 46.8 Å². The highest BCUT2D eigenvalue weighted by Gasteiger charge is 2.23. The standard InChI is InChI=1S/C21H29N3O3S2/c1-17-9-11-24(12-10-17)15-19-7-5-18(6-8-19)14-22-20(25)16-23(2)29(26,27)21-4-3-13-28-21/h3-8,13,17H,9-12,14-16H2,1-2H3,(H,22,25). The van der Waals surface area contributed by atoms with Crippen LogP contribution in [0.15, 0.2) is 46.0 Å². The van der Waals surface area contributed by atoms with Crippen LogP contribution in [0.5, 0.6) is 0 Å². The molecule has 2 heterocycles. The molecule has 1 aliphatic heterocycles. The van der Waals surface area contributed by atoms with Crippen molar-refractivity contribution in [3.05, 3.63) is 52.9 Å². The smallest absolute Gasteiger partial charge is 0.252 e. The number of likely N-dealkylation sites (tertiary alicyclic amines) is 1. The minimum atomic E-state index is -3.61. The molecule has 0 atom stereocenters. The number of nitrogens with one attached hydrogen (secondary N) is 1. The average Bonchev–Trinajstić information content (AvgIpc) is 3.25. The van der Waals surface area contributed by atoms with Crippen LogP contribution >= 0.6 is 11.3 Å². The fraction of sp³-hybridized carbons (Fsp3) is 0.476. The topological polar surface area (TPSA) is 69.7 Å². The summed E-state index contributed by atoms with van der Waals surface area (Å²) < 4.78 is 26.1. The number of hydrogen-bond acceptors (Lipinski definition) is 5. The predicted molar refractivity (Wildman–Crippen MR) is 116 cm³/mol. The van der Waals surface area contributed by atoms with E-state index in [9.17, 15) is 13.2 Å². The molecule has 1 aliphatic rings. The van der Waals surface area contributed by atoms with Gasteiger partial charge in [0.1, 0.15) is 4.21 Å². The molecule has 1 aromatic heterocycles. The maximum Gasteiger partial charge on any atom is 0.252 e. The van der Waals surface area contributed by atoms with Gasteiger partial charge in [-0.05, 0) is 54.4 Å². The Morgan fingerprint density at radius 1 is 1.17 bits per heavy atom. The molecule has 0 radical (unpaired) electrons. The molecule has 158 valence electrons. The first-order valence-electron chi connectivity index (χ1n) is 9.91. The van der Waals surface area contributed by atoms with Crippen LogP contribution in [0, 0.1) is 5.92 Å². The van der Waals surface area contributed by atoms with Crippen LogP contribution in [-0.4, -0.2) is 50.2 Å². The Bertz CT molecular complexity index is 888. The molecule has 2 aromatic rings. The lowest BCUT2D eigenvalue weighted by Gasteiger charge is -2.30. The summed E-state index contributed by atoms with van der Waals surface area (Å²) in [6.45, 7) is 5.77. The minimum Gasteiger partial charge on any atom is -0.351 e. The van der Waals surface area contributed by atoms with Gasteiger partial charge in [0.25, 0.3) is 10.0 Å². The fourth-order valence-electron chi connectivity index (χ4n) is 3.35. The molecule has 1 fully saturated rings. The lowest BCUT2D eigenvalue weighted by atomic mass is 9.99. The van der Waals surface area contributed by atoms with Crippen molar-refractivity contribution in [2.24, 2.45) is 5.92 Å². The summed E-state index contributed by atoms with van der Waals surface area (Å²) >= 11 is 1.14. The number of benzene rings is 1. The highest BCUT2D eigenvalue weighted by atomic mass is 32.2. The number of thiophene rings is 1. The molecule has 1 amide bonds. The average molecular weight is 436 g/mol. The third-order valence-electron chi connectivity index (χ3n) is 5.32. The molecule has 6 nitrogen and oxygen atoms in total. The summed E-state index contributed by atoms with van der Waals surface area (Å²) in [7, 11) is -2.19. The van der Waals surface area contributed by atoms with Crippen molar-refractivity contribution >= 4 is 27.3 Å². The number of likely N-dealkylation sites (N-methyl/N-ethyl adjacent to an activating group) is 1. The SMILES string of the molecule is CC1CCN(Cc2ccc(CNC(=O)CN(C)S(=O)(=O)c3cccs3)cc2)CC1. The van der Waals surface area contributed by atoms with E-state index < -0.39 is 10.0 Å². The van der Waals surface area contributed by atoms with Gasteiger partial charge in [-0.1, -0.05) is 37.3 Å². The van der Waals surface area contributed by atoms with Crippen LogP contribution in [-0.2, 0) is 27.9 Å². The summed E-state index contributed by atoms with van der Waals surface area (Å²) in [5.74, 6) is 0.510. The van der Waals surface area contributed by atoms with Gasteiger partial charge in [-0.2, -0.15) is 4.31 Å². The third kappa shape index (κ3) is 6.12. The number of sulfonamides is 1. The summed E-state index contributed by atoms with van der Waals surface area (Å²) in [5.41, 5.74) is 2.27. The van der Waals surface area contributed by atoms with Crippen molar-refractivity contribution in [3.8, 4) is 0 Å². The summed E-state index contributed by atoms with van der Waals surface area (Å²) in [4.78, 5) is 14.7. The number of carbonyl (C=O) groups excluding carboxylic acids is 1. The number of carbonyl (C=O) groups is 1. The van der Waals surface area contributed by atoms with Crippen LogP contribution in [0.3, 0.4) is 0 Å². The molecule has 0 bridgehead atoms. The van der Waals surface area contributed by atoms with Crippen LogP contribution < -0.4 is 5.32 Å². The van der Waals surface area contributed by atoms with Gasteiger partial charge < -0.3 is 5.32 Å². The first-order valence-corrected chi connectivity index (χ1v) is 12.2. The lowest BCUT2D eigenvalue weighted by molar-refractivity contribution is -0.121. The van der Waals surface area contributed by atoms with E-state index in [0.29, 0.717) is 6.54 Å². The molecule has 0 aliphatic carbocycles. The number of hydrogen-bond donors (Lipinski definition) is 1. The molecule has 0 unspecified atom stereocenters. The molecule has 1 N–H and O–H groups in total. The maximum atomic E-state index is 12.4. The number of piperidine rings is 1. The number of amides is 1. The van der Waals surface area contributed by atoms with E-state index in [-0.39, 0.29) is 16.7 Å². The Balaban J connectivity index is 1.45.